The van der Waals surface area contributed by atoms with Crippen LogP contribution in [0.5, 0.6) is 0 Å². The molecule has 1 N–H and O–H groups in total. The van der Waals surface area contributed by atoms with Crippen LogP contribution in [0.4, 0.5) is 5.82 Å². The predicted molar refractivity (Wildman–Crippen MR) is 64.7 cm³/mol. The second kappa shape index (κ2) is 3.96. The van der Waals surface area contributed by atoms with Gasteiger partial charge in [-0.2, -0.15) is 0 Å². The Labute approximate surface area is 95.4 Å². The van der Waals surface area contributed by atoms with Gasteiger partial charge in [0.2, 0.25) is 0 Å². The summed E-state index contributed by atoms with van der Waals surface area (Å²) in [5.74, 6) is 1.74. The Morgan fingerprint density at radius 1 is 1.25 bits per heavy atom. The molecule has 2 aromatic rings. The summed E-state index contributed by atoms with van der Waals surface area (Å²) < 4.78 is 1.88. The zero-order chi connectivity index (χ0) is 11.6. The summed E-state index contributed by atoms with van der Waals surface area (Å²) in [5.41, 5.74) is 0.0144. The molecule has 0 saturated carbocycles. The number of rotatable bonds is 2. The summed E-state index contributed by atoms with van der Waals surface area (Å²) in [4.78, 5) is 8.52. The molecule has 4 heteroatoms. The van der Waals surface area contributed by atoms with Gasteiger partial charge in [0.05, 0.1) is 0 Å². The van der Waals surface area contributed by atoms with Gasteiger partial charge in [0.1, 0.15) is 18.0 Å². The first-order chi connectivity index (χ1) is 7.54. The summed E-state index contributed by atoms with van der Waals surface area (Å²) in [7, 11) is 0. The minimum atomic E-state index is 0.0144. The number of hydrogen-bond acceptors (Lipinski definition) is 3. The molecule has 4 nitrogen and oxygen atoms in total. The maximum Gasteiger partial charge on any atom is 0.140 e. The van der Waals surface area contributed by atoms with Crippen molar-refractivity contribution in [2.24, 2.45) is 0 Å². The molecule has 0 aliphatic carbocycles. The normalized spacial score (nSPS) is 11.4. The first-order valence-electron chi connectivity index (χ1n) is 5.28. The van der Waals surface area contributed by atoms with Crippen molar-refractivity contribution < 1.29 is 0 Å². The summed E-state index contributed by atoms with van der Waals surface area (Å²) >= 11 is 0. The predicted octanol–water partition coefficient (Wildman–Crippen LogP) is 2.48. The van der Waals surface area contributed by atoms with Gasteiger partial charge in [-0.3, -0.25) is 4.57 Å². The molecule has 0 bridgehead atoms. The van der Waals surface area contributed by atoms with Crippen LogP contribution < -0.4 is 5.32 Å². The third-order valence-corrected chi connectivity index (χ3v) is 2.01. The topological polar surface area (TPSA) is 42.7 Å². The monoisotopic (exact) mass is 216 g/mol. The molecule has 0 saturated heterocycles. The average Bonchev–Trinajstić information content (AvgIpc) is 2.68. The van der Waals surface area contributed by atoms with Crippen LogP contribution in [0.15, 0.2) is 36.9 Å². The zero-order valence-electron chi connectivity index (χ0n) is 9.81. The van der Waals surface area contributed by atoms with E-state index in [1.165, 1.54) is 0 Å². The van der Waals surface area contributed by atoms with Gasteiger partial charge in [0.25, 0.3) is 0 Å². The van der Waals surface area contributed by atoms with Crippen LogP contribution in [-0.4, -0.2) is 20.1 Å². The minimum absolute atomic E-state index is 0.0144. The molecule has 0 radical (unpaired) electrons. The highest BCUT2D eigenvalue weighted by atomic mass is 15.1. The van der Waals surface area contributed by atoms with E-state index >= 15 is 0 Å². The van der Waals surface area contributed by atoms with E-state index < -0.39 is 0 Å². The van der Waals surface area contributed by atoms with Crippen LogP contribution in [0, 0.1) is 0 Å². The number of anilines is 1. The molecule has 0 aliphatic rings. The maximum atomic E-state index is 4.51. The van der Waals surface area contributed by atoms with E-state index in [2.05, 4.69) is 36.1 Å². The van der Waals surface area contributed by atoms with E-state index in [1.807, 2.05) is 29.0 Å². The number of pyridine rings is 1. The van der Waals surface area contributed by atoms with E-state index in [0.29, 0.717) is 0 Å². The maximum absolute atomic E-state index is 4.51. The second-order valence-corrected chi connectivity index (χ2v) is 4.73. The molecule has 2 heterocycles. The lowest BCUT2D eigenvalue weighted by Crippen LogP contribution is -2.26. The largest absolute Gasteiger partial charge is 0.365 e. The molecule has 2 aromatic heterocycles. The van der Waals surface area contributed by atoms with E-state index in [1.54, 1.807) is 12.5 Å². The molecular formula is C12H16N4. The highest BCUT2D eigenvalue weighted by molar-refractivity contribution is 5.41. The Hall–Kier alpha value is -1.84. The van der Waals surface area contributed by atoms with E-state index in [0.717, 1.165) is 11.6 Å². The third kappa shape index (κ3) is 2.59. The van der Waals surface area contributed by atoms with Gasteiger partial charge >= 0.3 is 0 Å². The van der Waals surface area contributed by atoms with Crippen LogP contribution in [0.3, 0.4) is 0 Å². The van der Waals surface area contributed by atoms with E-state index in [9.17, 15) is 0 Å². The molecule has 0 fully saturated rings. The fourth-order valence-corrected chi connectivity index (χ4v) is 1.42. The van der Waals surface area contributed by atoms with Crippen molar-refractivity contribution in [1.82, 2.24) is 14.5 Å². The lowest BCUT2D eigenvalue weighted by Gasteiger charge is -2.21. The standard InChI is InChI=1S/C12H16N4/c1-12(2,3)15-10-5-4-6-11(14-10)16-8-7-13-9-16/h4-9H,1-3H3,(H,14,15). The lowest BCUT2D eigenvalue weighted by atomic mass is 10.1. The van der Waals surface area contributed by atoms with Gasteiger partial charge in [0, 0.05) is 17.9 Å². The number of nitrogens with zero attached hydrogens (tertiary/aromatic N) is 3. The summed E-state index contributed by atoms with van der Waals surface area (Å²) in [6.07, 6.45) is 5.36. The van der Waals surface area contributed by atoms with Gasteiger partial charge in [-0.25, -0.2) is 9.97 Å². The van der Waals surface area contributed by atoms with Crippen molar-refractivity contribution in [3.63, 3.8) is 0 Å². The van der Waals surface area contributed by atoms with Gasteiger partial charge < -0.3 is 5.32 Å². The van der Waals surface area contributed by atoms with Gasteiger partial charge in [-0.05, 0) is 32.9 Å². The molecule has 84 valence electrons. The lowest BCUT2D eigenvalue weighted by molar-refractivity contribution is 0.630. The Bertz CT molecular complexity index is 454. The van der Waals surface area contributed by atoms with Crippen molar-refractivity contribution in [3.05, 3.63) is 36.9 Å². The molecule has 2 rings (SSSR count). The van der Waals surface area contributed by atoms with Crippen LogP contribution in [0.25, 0.3) is 5.82 Å². The molecule has 0 aliphatic heterocycles. The third-order valence-electron chi connectivity index (χ3n) is 2.01. The number of nitrogens with one attached hydrogen (secondary N) is 1. The summed E-state index contributed by atoms with van der Waals surface area (Å²) in [6, 6.07) is 5.90. The van der Waals surface area contributed by atoms with Crippen molar-refractivity contribution >= 4 is 5.82 Å². The molecule has 0 amide bonds. The molecule has 0 unspecified atom stereocenters. The van der Waals surface area contributed by atoms with Gasteiger partial charge in [0.15, 0.2) is 0 Å². The summed E-state index contributed by atoms with van der Waals surface area (Å²) in [5, 5.41) is 3.34. The van der Waals surface area contributed by atoms with Crippen molar-refractivity contribution in [2.45, 2.75) is 26.3 Å². The SMILES string of the molecule is CC(C)(C)Nc1cccc(-n2ccnc2)n1. The van der Waals surface area contributed by atoms with E-state index in [-0.39, 0.29) is 5.54 Å². The van der Waals surface area contributed by atoms with Crippen LogP contribution >= 0.6 is 0 Å². The highest BCUT2D eigenvalue weighted by Crippen LogP contribution is 2.13. The van der Waals surface area contributed by atoms with Crippen molar-refractivity contribution in [1.29, 1.82) is 0 Å². The van der Waals surface area contributed by atoms with Crippen LogP contribution in [-0.2, 0) is 0 Å². The Balaban J connectivity index is 2.27. The Kier molecular flexibility index (Phi) is 2.64. The van der Waals surface area contributed by atoms with Crippen molar-refractivity contribution in [2.75, 3.05) is 5.32 Å². The molecule has 16 heavy (non-hydrogen) atoms. The fraction of sp³-hybridized carbons (Fsp3) is 0.333. The molecular weight excluding hydrogens is 200 g/mol. The smallest absolute Gasteiger partial charge is 0.140 e. The average molecular weight is 216 g/mol. The molecule has 0 atom stereocenters. The number of hydrogen-bond donors (Lipinski definition) is 1. The van der Waals surface area contributed by atoms with Crippen molar-refractivity contribution in [3.8, 4) is 5.82 Å². The zero-order valence-corrected chi connectivity index (χ0v) is 9.81. The van der Waals surface area contributed by atoms with E-state index in [4.69, 9.17) is 0 Å². The first kappa shape index (κ1) is 10.7. The second-order valence-electron chi connectivity index (χ2n) is 4.73. The number of imidazole rings is 1. The Morgan fingerprint density at radius 3 is 2.69 bits per heavy atom. The highest BCUT2D eigenvalue weighted by Gasteiger charge is 2.10. The first-order valence-corrected chi connectivity index (χ1v) is 5.28. The fourth-order valence-electron chi connectivity index (χ4n) is 1.42. The van der Waals surface area contributed by atoms with Crippen LogP contribution in [0.1, 0.15) is 20.8 Å². The van der Waals surface area contributed by atoms with Gasteiger partial charge in [-0.15, -0.1) is 0 Å². The minimum Gasteiger partial charge on any atom is -0.365 e. The Morgan fingerprint density at radius 2 is 2.06 bits per heavy atom. The summed E-state index contributed by atoms with van der Waals surface area (Å²) in [6.45, 7) is 6.33. The molecule has 0 spiro atoms. The van der Waals surface area contributed by atoms with Gasteiger partial charge in [-0.1, -0.05) is 6.07 Å². The molecule has 0 aromatic carbocycles. The van der Waals surface area contributed by atoms with Crippen LogP contribution in [0.2, 0.25) is 0 Å². The quantitative estimate of drug-likeness (QED) is 0.838. The number of aromatic nitrogens is 3.